The smallest absolute Gasteiger partial charge is 0.0462 e. The van der Waals surface area contributed by atoms with Gasteiger partial charge in [0.25, 0.3) is 0 Å². The first-order valence-corrected chi connectivity index (χ1v) is 5.98. The number of hydrogen-bond donors (Lipinski definition) is 1. The number of hydrogen-bond acceptors (Lipinski definition) is 2. The molecule has 1 N–H and O–H groups in total. The monoisotopic (exact) mass is 206 g/mol. The summed E-state index contributed by atoms with van der Waals surface area (Å²) >= 11 is 0. The second-order valence-electron chi connectivity index (χ2n) is 5.26. The predicted octanol–water partition coefficient (Wildman–Crippen LogP) is 1.80. The van der Waals surface area contributed by atoms with Crippen molar-refractivity contribution in [2.24, 2.45) is 5.41 Å². The highest BCUT2D eigenvalue weighted by Crippen LogP contribution is 2.26. The SMILES string of the molecule is CC1(C)C=C[C@@H](N2CCNCC2)C=CC1. The molecule has 1 saturated heterocycles. The number of nitrogens with one attached hydrogen (secondary N) is 1. The van der Waals surface area contributed by atoms with Crippen molar-refractivity contribution in [3.63, 3.8) is 0 Å². The van der Waals surface area contributed by atoms with E-state index in [-0.39, 0.29) is 0 Å². The van der Waals surface area contributed by atoms with Crippen molar-refractivity contribution in [3.8, 4) is 0 Å². The van der Waals surface area contributed by atoms with Gasteiger partial charge >= 0.3 is 0 Å². The van der Waals surface area contributed by atoms with Crippen LogP contribution in [0.3, 0.4) is 0 Å². The second-order valence-corrected chi connectivity index (χ2v) is 5.26. The van der Waals surface area contributed by atoms with Gasteiger partial charge in [-0.2, -0.15) is 0 Å². The van der Waals surface area contributed by atoms with Gasteiger partial charge in [-0.05, 0) is 11.8 Å². The van der Waals surface area contributed by atoms with E-state index in [0.717, 1.165) is 19.5 Å². The van der Waals surface area contributed by atoms with Gasteiger partial charge < -0.3 is 5.32 Å². The molecule has 2 rings (SSSR count). The molecule has 0 spiro atoms. The third-order valence-electron chi connectivity index (χ3n) is 3.30. The molecule has 1 heterocycles. The number of piperazine rings is 1. The lowest BCUT2D eigenvalue weighted by Crippen LogP contribution is -2.47. The van der Waals surface area contributed by atoms with Gasteiger partial charge in [0, 0.05) is 32.2 Å². The van der Waals surface area contributed by atoms with Crippen LogP contribution < -0.4 is 5.32 Å². The summed E-state index contributed by atoms with van der Waals surface area (Å²) in [5, 5.41) is 3.40. The van der Waals surface area contributed by atoms with E-state index in [9.17, 15) is 0 Å². The van der Waals surface area contributed by atoms with Gasteiger partial charge in [0.05, 0.1) is 0 Å². The minimum absolute atomic E-state index is 0.333. The van der Waals surface area contributed by atoms with Crippen molar-refractivity contribution in [1.82, 2.24) is 10.2 Å². The van der Waals surface area contributed by atoms with E-state index in [1.807, 2.05) is 0 Å². The molecule has 15 heavy (non-hydrogen) atoms. The predicted molar refractivity (Wildman–Crippen MR) is 64.9 cm³/mol. The first kappa shape index (κ1) is 10.9. The molecule has 84 valence electrons. The maximum atomic E-state index is 3.40. The van der Waals surface area contributed by atoms with Gasteiger partial charge in [0.2, 0.25) is 0 Å². The lowest BCUT2D eigenvalue weighted by Gasteiger charge is -2.31. The Morgan fingerprint density at radius 3 is 2.67 bits per heavy atom. The second kappa shape index (κ2) is 4.50. The Kier molecular flexibility index (Phi) is 3.27. The van der Waals surface area contributed by atoms with E-state index in [2.05, 4.69) is 48.4 Å². The van der Waals surface area contributed by atoms with Crippen molar-refractivity contribution >= 4 is 0 Å². The van der Waals surface area contributed by atoms with E-state index in [4.69, 9.17) is 0 Å². The number of nitrogens with zero attached hydrogens (tertiary/aromatic N) is 1. The highest BCUT2D eigenvalue weighted by molar-refractivity contribution is 5.15. The molecule has 0 bridgehead atoms. The average Bonchev–Trinajstić information content (AvgIpc) is 2.41. The summed E-state index contributed by atoms with van der Waals surface area (Å²) in [7, 11) is 0. The summed E-state index contributed by atoms with van der Waals surface area (Å²) in [4.78, 5) is 2.55. The van der Waals surface area contributed by atoms with Crippen molar-refractivity contribution in [2.75, 3.05) is 26.2 Å². The van der Waals surface area contributed by atoms with E-state index >= 15 is 0 Å². The molecule has 0 aromatic carbocycles. The van der Waals surface area contributed by atoms with Crippen LogP contribution in [0.2, 0.25) is 0 Å². The Hall–Kier alpha value is -0.600. The number of rotatable bonds is 1. The fraction of sp³-hybridized carbons (Fsp3) is 0.692. The molecule has 2 nitrogen and oxygen atoms in total. The summed E-state index contributed by atoms with van der Waals surface area (Å²) in [6.45, 7) is 9.19. The fourth-order valence-electron chi connectivity index (χ4n) is 2.23. The molecule has 2 heteroatoms. The Morgan fingerprint density at radius 1 is 1.20 bits per heavy atom. The zero-order chi connectivity index (χ0) is 10.7. The minimum atomic E-state index is 0.333. The van der Waals surface area contributed by atoms with Crippen molar-refractivity contribution in [3.05, 3.63) is 24.3 Å². The highest BCUT2D eigenvalue weighted by atomic mass is 15.2. The maximum absolute atomic E-state index is 3.40. The van der Waals surface area contributed by atoms with Gasteiger partial charge in [0.1, 0.15) is 0 Å². The topological polar surface area (TPSA) is 15.3 Å². The van der Waals surface area contributed by atoms with Crippen LogP contribution in [0.25, 0.3) is 0 Å². The highest BCUT2D eigenvalue weighted by Gasteiger charge is 2.20. The quantitative estimate of drug-likeness (QED) is 0.658. The molecule has 1 aliphatic heterocycles. The lowest BCUT2D eigenvalue weighted by molar-refractivity contribution is 0.228. The molecule has 2 aliphatic rings. The van der Waals surface area contributed by atoms with Gasteiger partial charge in [-0.3, -0.25) is 4.90 Å². The van der Waals surface area contributed by atoms with Crippen LogP contribution in [0.5, 0.6) is 0 Å². The Morgan fingerprint density at radius 2 is 1.93 bits per heavy atom. The standard InChI is InChI=1S/C13H22N2/c1-13(2)6-3-4-12(5-7-13)15-10-8-14-9-11-15/h3-5,7,12,14H,6,8-11H2,1-2H3/t12-/m0/s1. The first-order chi connectivity index (χ1) is 7.17. The molecule has 0 aromatic rings. The van der Waals surface area contributed by atoms with Crippen LogP contribution in [0, 0.1) is 5.41 Å². The molecule has 0 aromatic heterocycles. The lowest BCUT2D eigenvalue weighted by atomic mass is 9.90. The zero-order valence-electron chi connectivity index (χ0n) is 9.87. The molecule has 0 unspecified atom stereocenters. The van der Waals surface area contributed by atoms with Crippen molar-refractivity contribution in [1.29, 1.82) is 0 Å². The minimum Gasteiger partial charge on any atom is -0.314 e. The summed E-state index contributed by atoms with van der Waals surface area (Å²) < 4.78 is 0. The first-order valence-electron chi connectivity index (χ1n) is 5.98. The molecule has 1 aliphatic carbocycles. The molecular formula is C13H22N2. The molecule has 1 atom stereocenters. The fourth-order valence-corrected chi connectivity index (χ4v) is 2.23. The average molecular weight is 206 g/mol. The molecular weight excluding hydrogens is 184 g/mol. The number of allylic oxidation sites excluding steroid dienone is 2. The van der Waals surface area contributed by atoms with E-state index < -0.39 is 0 Å². The molecule has 0 amide bonds. The van der Waals surface area contributed by atoms with E-state index in [1.165, 1.54) is 13.1 Å². The van der Waals surface area contributed by atoms with Gasteiger partial charge in [-0.1, -0.05) is 38.2 Å². The van der Waals surface area contributed by atoms with E-state index in [0.29, 0.717) is 11.5 Å². The van der Waals surface area contributed by atoms with Gasteiger partial charge in [-0.15, -0.1) is 0 Å². The summed E-state index contributed by atoms with van der Waals surface area (Å²) in [6.07, 6.45) is 10.6. The van der Waals surface area contributed by atoms with E-state index in [1.54, 1.807) is 0 Å². The van der Waals surface area contributed by atoms with Crippen molar-refractivity contribution < 1.29 is 0 Å². The summed E-state index contributed by atoms with van der Waals surface area (Å²) in [5.41, 5.74) is 0.333. The van der Waals surface area contributed by atoms with Crippen LogP contribution >= 0.6 is 0 Å². The third kappa shape index (κ3) is 2.93. The van der Waals surface area contributed by atoms with Crippen LogP contribution in [-0.2, 0) is 0 Å². The Labute approximate surface area is 93.0 Å². The van der Waals surface area contributed by atoms with Crippen LogP contribution in [0.1, 0.15) is 20.3 Å². The zero-order valence-corrected chi connectivity index (χ0v) is 9.87. The van der Waals surface area contributed by atoms with Crippen LogP contribution in [0.4, 0.5) is 0 Å². The maximum Gasteiger partial charge on any atom is 0.0462 e. The third-order valence-corrected chi connectivity index (χ3v) is 3.30. The van der Waals surface area contributed by atoms with Crippen LogP contribution in [-0.4, -0.2) is 37.1 Å². The van der Waals surface area contributed by atoms with Gasteiger partial charge in [0.15, 0.2) is 0 Å². The molecule has 1 fully saturated rings. The Balaban J connectivity index is 2.03. The van der Waals surface area contributed by atoms with Crippen LogP contribution in [0.15, 0.2) is 24.3 Å². The molecule has 0 saturated carbocycles. The summed E-state index contributed by atoms with van der Waals surface area (Å²) in [6, 6.07) is 0.522. The largest absolute Gasteiger partial charge is 0.314 e. The molecule has 0 radical (unpaired) electrons. The normalized spacial score (nSPS) is 31.5. The van der Waals surface area contributed by atoms with Crippen molar-refractivity contribution in [2.45, 2.75) is 26.3 Å². The Bertz CT molecular complexity index is 260. The van der Waals surface area contributed by atoms with Gasteiger partial charge in [-0.25, -0.2) is 0 Å². The summed E-state index contributed by atoms with van der Waals surface area (Å²) in [5.74, 6) is 0.